The lowest BCUT2D eigenvalue weighted by Gasteiger charge is -2.39. The molecule has 3 amide bonds. The first kappa shape index (κ1) is 41.3. The van der Waals surface area contributed by atoms with Crippen molar-refractivity contribution >= 4 is 46.9 Å². The van der Waals surface area contributed by atoms with Crippen LogP contribution in [0, 0.1) is 5.92 Å². The van der Waals surface area contributed by atoms with Crippen LogP contribution in [-0.2, 0) is 41.4 Å². The van der Waals surface area contributed by atoms with Crippen molar-refractivity contribution in [1.29, 1.82) is 0 Å². The second kappa shape index (κ2) is 16.5. The molecule has 51 heavy (non-hydrogen) atoms. The molecule has 2 unspecified atom stereocenters. The number of halogens is 2. The van der Waals surface area contributed by atoms with Crippen LogP contribution < -0.4 is 15.5 Å². The van der Waals surface area contributed by atoms with Gasteiger partial charge in [0.2, 0.25) is 18.2 Å². The molecular formula is C36H49F2N3O9S. The third-order valence-corrected chi connectivity index (χ3v) is 8.81. The third kappa shape index (κ3) is 10.7. The number of methoxy groups -OCH3 is 1. The number of aliphatic hydroxyl groups is 1. The molecule has 1 aromatic carbocycles. The van der Waals surface area contributed by atoms with Gasteiger partial charge >= 0.3 is 18.0 Å². The minimum Gasteiger partial charge on any atom is -0.467 e. The molecule has 0 fully saturated rings. The predicted octanol–water partition coefficient (Wildman–Crippen LogP) is 5.19. The van der Waals surface area contributed by atoms with Gasteiger partial charge in [-0.25, -0.2) is 23.2 Å². The Hall–Kier alpha value is -4.11. The van der Waals surface area contributed by atoms with Crippen LogP contribution in [0.15, 0.2) is 35.7 Å². The van der Waals surface area contributed by atoms with Gasteiger partial charge in [0.15, 0.2) is 6.10 Å². The highest BCUT2D eigenvalue weighted by Gasteiger charge is 2.55. The lowest BCUT2D eigenvalue weighted by Crippen LogP contribution is -2.65. The summed E-state index contributed by atoms with van der Waals surface area (Å²) >= 11 is 1.11. The van der Waals surface area contributed by atoms with Crippen molar-refractivity contribution < 1.29 is 52.1 Å². The summed E-state index contributed by atoms with van der Waals surface area (Å²) in [6.45, 7) is 13.8. The monoisotopic (exact) mass is 737 g/mol. The molecule has 282 valence electrons. The fourth-order valence-corrected chi connectivity index (χ4v) is 6.60. The van der Waals surface area contributed by atoms with Gasteiger partial charge in [-0.1, -0.05) is 32.0 Å². The van der Waals surface area contributed by atoms with E-state index in [-0.39, 0.29) is 30.1 Å². The van der Waals surface area contributed by atoms with E-state index in [4.69, 9.17) is 9.47 Å². The molecule has 2 aromatic rings. The van der Waals surface area contributed by atoms with Crippen molar-refractivity contribution in [2.45, 2.75) is 122 Å². The van der Waals surface area contributed by atoms with Crippen molar-refractivity contribution in [1.82, 2.24) is 10.6 Å². The maximum atomic E-state index is 14.9. The van der Waals surface area contributed by atoms with E-state index in [1.807, 2.05) is 0 Å². The fourth-order valence-electron chi connectivity index (χ4n) is 5.80. The van der Waals surface area contributed by atoms with E-state index in [9.17, 15) is 37.9 Å². The number of fused-ring (bicyclic) bond motifs is 1. The Morgan fingerprint density at radius 3 is 2.16 bits per heavy atom. The summed E-state index contributed by atoms with van der Waals surface area (Å²) in [5.74, 6) is -3.78. The maximum Gasteiger partial charge on any atom is 0.415 e. The minimum absolute atomic E-state index is 0.0182. The second-order valence-corrected chi connectivity index (χ2v) is 15.9. The highest BCUT2D eigenvalue weighted by molar-refractivity contribution is 7.12. The normalized spacial score (nSPS) is 17.7. The summed E-state index contributed by atoms with van der Waals surface area (Å²) in [5, 5.41) is 17.1. The molecule has 0 spiro atoms. The van der Waals surface area contributed by atoms with Gasteiger partial charge in [0.25, 0.3) is 0 Å². The molecule has 3 N–H and O–H groups in total. The summed E-state index contributed by atoms with van der Waals surface area (Å²) < 4.78 is 42.9. The van der Waals surface area contributed by atoms with Crippen LogP contribution in [0.25, 0.3) is 0 Å². The van der Waals surface area contributed by atoms with Crippen molar-refractivity contribution in [3.63, 3.8) is 0 Å². The maximum absolute atomic E-state index is 14.9. The standard InChI is InChI=1S/C36H49F2N3O9S/c1-20(2)16-24(29(43)39-23(17-26(37)38)27(42)30(44)48-9)40-32(46)36(19-22-14-15-51-28(22)31(45)49-34(3,4)5)18-21-12-10-11-13-25(21)41(36)33(47)50-35(6,7)8/h10-15,20,23-24,26-27,42H,16-19H2,1-9H3,(H,39,43)(H,40,46)/t23-,24-,27?,36?/m0/s1. The van der Waals surface area contributed by atoms with Crippen LogP contribution in [0.5, 0.6) is 0 Å². The SMILES string of the molecule is COC(=O)C(O)[C@H](CC(F)F)NC(=O)[C@H](CC(C)C)NC(=O)C1(Cc2ccsc2C(=O)OC(C)(C)C)Cc2ccccc2N1C(=O)OC(C)(C)C. The Labute approximate surface area is 301 Å². The van der Waals surface area contributed by atoms with Gasteiger partial charge in [-0.2, -0.15) is 0 Å². The fraction of sp³-hybridized carbons (Fsp3) is 0.583. The number of hydrogen-bond acceptors (Lipinski definition) is 10. The number of nitrogens with zero attached hydrogens (tertiary/aromatic N) is 1. The molecular weight excluding hydrogens is 688 g/mol. The first-order valence-electron chi connectivity index (χ1n) is 16.6. The largest absolute Gasteiger partial charge is 0.467 e. The van der Waals surface area contributed by atoms with Gasteiger partial charge in [-0.15, -0.1) is 11.3 Å². The Balaban J connectivity index is 2.15. The zero-order chi connectivity index (χ0) is 38.5. The molecule has 0 bridgehead atoms. The van der Waals surface area contributed by atoms with Gasteiger partial charge in [0, 0.05) is 19.3 Å². The van der Waals surface area contributed by atoms with E-state index in [0.29, 0.717) is 16.8 Å². The lowest BCUT2D eigenvalue weighted by molar-refractivity contribution is -0.153. The molecule has 1 aromatic heterocycles. The van der Waals surface area contributed by atoms with E-state index in [1.165, 1.54) is 4.90 Å². The first-order chi connectivity index (χ1) is 23.6. The van der Waals surface area contributed by atoms with Crippen LogP contribution in [0.1, 0.15) is 89.0 Å². The molecule has 0 saturated carbocycles. The molecule has 0 saturated heterocycles. The number of ether oxygens (including phenoxy) is 3. The number of amides is 3. The second-order valence-electron chi connectivity index (χ2n) is 15.0. The molecule has 3 rings (SSSR count). The topological polar surface area (TPSA) is 161 Å². The van der Waals surface area contributed by atoms with E-state index >= 15 is 0 Å². The molecule has 1 aliphatic heterocycles. The van der Waals surface area contributed by atoms with E-state index < -0.39 is 77.6 Å². The highest BCUT2D eigenvalue weighted by atomic mass is 32.1. The van der Waals surface area contributed by atoms with Gasteiger partial charge < -0.3 is 30.0 Å². The Morgan fingerprint density at radius 1 is 0.961 bits per heavy atom. The average Bonchev–Trinajstić information content (AvgIpc) is 3.60. The summed E-state index contributed by atoms with van der Waals surface area (Å²) in [6.07, 6.45) is -7.24. The minimum atomic E-state index is -3.00. The van der Waals surface area contributed by atoms with Gasteiger partial charge in [-0.05, 0) is 82.5 Å². The summed E-state index contributed by atoms with van der Waals surface area (Å²) in [7, 11) is 0.964. The molecule has 2 heterocycles. The smallest absolute Gasteiger partial charge is 0.415 e. The van der Waals surface area contributed by atoms with Crippen LogP contribution in [-0.4, -0.2) is 83.4 Å². The van der Waals surface area contributed by atoms with Crippen molar-refractivity contribution in [3.05, 3.63) is 51.7 Å². The van der Waals surface area contributed by atoms with Crippen molar-refractivity contribution in [3.8, 4) is 0 Å². The summed E-state index contributed by atoms with van der Waals surface area (Å²) in [5.41, 5.74) is -2.17. The first-order valence-corrected chi connectivity index (χ1v) is 17.5. The zero-order valence-electron chi connectivity index (χ0n) is 30.5. The van der Waals surface area contributed by atoms with Crippen LogP contribution in [0.2, 0.25) is 0 Å². The number of anilines is 1. The van der Waals surface area contributed by atoms with Gasteiger partial charge in [0.05, 0.1) is 18.8 Å². The summed E-state index contributed by atoms with van der Waals surface area (Å²) in [4.78, 5) is 69.6. The third-order valence-electron chi connectivity index (χ3n) is 7.87. The Kier molecular flexibility index (Phi) is 13.4. The number of aliphatic hydroxyl groups excluding tert-OH is 1. The van der Waals surface area contributed by atoms with Crippen LogP contribution >= 0.6 is 11.3 Å². The highest BCUT2D eigenvalue weighted by Crippen LogP contribution is 2.43. The Bertz CT molecular complexity index is 1580. The van der Waals surface area contributed by atoms with Crippen LogP contribution in [0.3, 0.4) is 0 Å². The number of esters is 2. The quantitative estimate of drug-likeness (QED) is 0.186. The number of carbonyl (C=O) groups is 5. The molecule has 4 atom stereocenters. The summed E-state index contributed by atoms with van der Waals surface area (Å²) in [6, 6.07) is 5.44. The predicted molar refractivity (Wildman–Crippen MR) is 187 cm³/mol. The molecule has 15 heteroatoms. The lowest BCUT2D eigenvalue weighted by atomic mass is 9.85. The zero-order valence-corrected chi connectivity index (χ0v) is 31.3. The molecule has 0 aliphatic carbocycles. The number of hydrogen-bond donors (Lipinski definition) is 3. The number of rotatable bonds is 13. The number of benzene rings is 1. The Morgan fingerprint density at radius 2 is 1.59 bits per heavy atom. The van der Waals surface area contributed by atoms with E-state index in [2.05, 4.69) is 15.4 Å². The number of thiophene rings is 1. The molecule has 0 radical (unpaired) electrons. The van der Waals surface area contributed by atoms with Crippen molar-refractivity contribution in [2.24, 2.45) is 5.92 Å². The number of alkyl halides is 2. The van der Waals surface area contributed by atoms with Gasteiger partial charge in [-0.3, -0.25) is 14.5 Å². The number of carbonyl (C=O) groups excluding carboxylic acids is 5. The number of para-hydroxylation sites is 1. The van der Waals surface area contributed by atoms with E-state index in [0.717, 1.165) is 18.4 Å². The van der Waals surface area contributed by atoms with E-state index in [1.54, 1.807) is 91.1 Å². The van der Waals surface area contributed by atoms with Crippen LogP contribution in [0.4, 0.5) is 19.3 Å². The van der Waals surface area contributed by atoms with Gasteiger partial charge in [0.1, 0.15) is 27.7 Å². The van der Waals surface area contributed by atoms with Crippen molar-refractivity contribution in [2.75, 3.05) is 12.0 Å². The molecule has 1 aliphatic rings. The number of nitrogens with one attached hydrogen (secondary N) is 2. The molecule has 12 nitrogen and oxygen atoms in total. The average molecular weight is 738 g/mol.